The lowest BCUT2D eigenvalue weighted by Crippen LogP contribution is -2.17. The molecule has 0 unspecified atom stereocenters. The molecule has 0 aliphatic rings. The lowest BCUT2D eigenvalue weighted by atomic mass is 10.1. The number of anilines is 1. The molecule has 3 rings (SSSR count). The molecular weight excluding hydrogens is 380 g/mol. The highest BCUT2D eigenvalue weighted by atomic mass is 35.5. The van der Waals surface area contributed by atoms with Gasteiger partial charge in [-0.2, -0.15) is 8.78 Å². The van der Waals surface area contributed by atoms with Gasteiger partial charge in [-0.15, -0.1) is 11.3 Å². The smallest absolute Gasteiger partial charge is 0.299 e. The third kappa shape index (κ3) is 4.33. The Bertz CT molecular complexity index is 958. The molecule has 0 bridgehead atoms. The molecule has 0 aliphatic carbocycles. The monoisotopic (exact) mass is 395 g/mol. The van der Waals surface area contributed by atoms with Crippen LogP contribution in [0.2, 0.25) is 5.15 Å². The fourth-order valence-electron chi connectivity index (χ4n) is 2.50. The van der Waals surface area contributed by atoms with E-state index in [-0.39, 0.29) is 11.2 Å². The molecule has 26 heavy (non-hydrogen) atoms. The van der Waals surface area contributed by atoms with E-state index >= 15 is 0 Å². The zero-order valence-electron chi connectivity index (χ0n) is 13.9. The van der Waals surface area contributed by atoms with Crippen molar-refractivity contribution < 1.29 is 13.2 Å². The largest absolute Gasteiger partial charge is 0.456 e. The summed E-state index contributed by atoms with van der Waals surface area (Å²) in [6.45, 7) is 2.38. The van der Waals surface area contributed by atoms with Gasteiger partial charge in [-0.3, -0.25) is 0 Å². The fraction of sp³-hybridized carbons (Fsp3) is 0.278. The number of rotatable bonds is 5. The summed E-state index contributed by atoms with van der Waals surface area (Å²) in [6.07, 6.45) is -2.40. The number of halogens is 3. The molecule has 3 heterocycles. The van der Waals surface area contributed by atoms with Crippen LogP contribution >= 0.6 is 22.9 Å². The molecule has 0 radical (unpaired) electrons. The number of alkyl halides is 2. The minimum Gasteiger partial charge on any atom is -0.456 e. The molecule has 1 atom stereocenters. The van der Waals surface area contributed by atoms with Crippen LogP contribution in [0.4, 0.5) is 14.5 Å². The van der Waals surface area contributed by atoms with Gasteiger partial charge in [0, 0.05) is 30.0 Å². The Morgan fingerprint density at radius 1 is 1.46 bits per heavy atom. The number of nitrogens with one attached hydrogen (secondary N) is 1. The number of hydrogen-bond donors (Lipinski definition) is 2. The average molecular weight is 396 g/mol. The zero-order chi connectivity index (χ0) is 18.7. The highest BCUT2D eigenvalue weighted by molar-refractivity contribution is 7.09. The van der Waals surface area contributed by atoms with E-state index in [2.05, 4.69) is 16.2 Å². The van der Waals surface area contributed by atoms with Crippen LogP contribution in [0.25, 0.3) is 11.1 Å². The SMILES string of the molecule is C[C@H](N)Cc1oc2c(NCc3cccs3)cc(Cl)nc2c1C#CC(F)F. The number of nitrogens with two attached hydrogens (primary N) is 1. The van der Waals surface area contributed by atoms with Crippen LogP contribution in [0, 0.1) is 11.8 Å². The van der Waals surface area contributed by atoms with Crippen LogP contribution < -0.4 is 11.1 Å². The van der Waals surface area contributed by atoms with Crippen LogP contribution in [-0.4, -0.2) is 17.5 Å². The topological polar surface area (TPSA) is 64.1 Å². The van der Waals surface area contributed by atoms with Crippen molar-refractivity contribution in [3.05, 3.63) is 44.9 Å². The van der Waals surface area contributed by atoms with Crippen molar-refractivity contribution in [2.75, 3.05) is 5.32 Å². The minimum atomic E-state index is -2.75. The number of thiophene rings is 1. The quantitative estimate of drug-likeness (QED) is 0.487. The Morgan fingerprint density at radius 2 is 2.27 bits per heavy atom. The van der Waals surface area contributed by atoms with Gasteiger partial charge in [0.1, 0.15) is 16.4 Å². The number of aromatic nitrogens is 1. The first kappa shape index (κ1) is 18.6. The molecule has 0 amide bonds. The van der Waals surface area contributed by atoms with E-state index in [0.717, 1.165) is 4.88 Å². The summed E-state index contributed by atoms with van der Waals surface area (Å²) in [6, 6.07) is 5.38. The summed E-state index contributed by atoms with van der Waals surface area (Å²) in [5, 5.41) is 5.46. The summed E-state index contributed by atoms with van der Waals surface area (Å²) < 4.78 is 31.0. The molecule has 8 heteroatoms. The van der Waals surface area contributed by atoms with Crippen molar-refractivity contribution in [3.8, 4) is 11.8 Å². The molecule has 0 saturated carbocycles. The Balaban J connectivity index is 2.07. The lowest BCUT2D eigenvalue weighted by Gasteiger charge is -2.06. The van der Waals surface area contributed by atoms with E-state index in [0.29, 0.717) is 41.1 Å². The summed E-state index contributed by atoms with van der Waals surface area (Å²) in [5.41, 5.74) is 7.57. The second-order valence-electron chi connectivity index (χ2n) is 5.75. The van der Waals surface area contributed by atoms with Crippen molar-refractivity contribution in [2.24, 2.45) is 5.73 Å². The summed E-state index contributed by atoms with van der Waals surface area (Å²) in [4.78, 5) is 5.36. The maximum atomic E-state index is 12.6. The van der Waals surface area contributed by atoms with E-state index in [1.807, 2.05) is 23.4 Å². The molecule has 3 aromatic heterocycles. The van der Waals surface area contributed by atoms with E-state index in [9.17, 15) is 8.78 Å². The van der Waals surface area contributed by atoms with Gasteiger partial charge < -0.3 is 15.5 Å². The van der Waals surface area contributed by atoms with Gasteiger partial charge in [-0.25, -0.2) is 4.98 Å². The van der Waals surface area contributed by atoms with Crippen LogP contribution in [0.5, 0.6) is 0 Å². The van der Waals surface area contributed by atoms with Gasteiger partial charge in [0.25, 0.3) is 6.43 Å². The summed E-state index contributed by atoms with van der Waals surface area (Å²) >= 11 is 7.74. The van der Waals surface area contributed by atoms with Crippen molar-refractivity contribution >= 4 is 39.7 Å². The van der Waals surface area contributed by atoms with Crippen molar-refractivity contribution in [2.45, 2.75) is 32.4 Å². The van der Waals surface area contributed by atoms with Crippen molar-refractivity contribution in [1.82, 2.24) is 4.98 Å². The Labute approximate surface area is 158 Å². The molecular formula is C18H16ClF2N3OS. The van der Waals surface area contributed by atoms with Gasteiger partial charge in [-0.1, -0.05) is 23.6 Å². The highest BCUT2D eigenvalue weighted by Gasteiger charge is 2.19. The number of fused-ring (bicyclic) bond motifs is 1. The zero-order valence-corrected chi connectivity index (χ0v) is 15.4. The van der Waals surface area contributed by atoms with Crippen molar-refractivity contribution in [3.63, 3.8) is 0 Å². The standard InChI is InChI=1S/C18H16ClF2N3OS/c1-10(22)7-14-12(4-5-16(20)21)17-18(25-14)13(8-15(19)24-17)23-9-11-3-2-6-26-11/h2-3,6,8,10,16H,7,9,22H2,1H3,(H,23,24)/t10-/m0/s1. The maximum absolute atomic E-state index is 12.6. The second-order valence-corrected chi connectivity index (χ2v) is 7.17. The fourth-order valence-corrected chi connectivity index (χ4v) is 3.34. The molecule has 0 aromatic carbocycles. The third-order valence-corrected chi connectivity index (χ3v) is 4.60. The van der Waals surface area contributed by atoms with Gasteiger partial charge in [0.05, 0.1) is 11.3 Å². The van der Waals surface area contributed by atoms with Crippen LogP contribution in [0.1, 0.15) is 23.1 Å². The van der Waals surface area contributed by atoms with Gasteiger partial charge in [0.2, 0.25) is 0 Å². The van der Waals surface area contributed by atoms with Crippen LogP contribution in [0.3, 0.4) is 0 Å². The average Bonchev–Trinajstić information content (AvgIpc) is 3.18. The Kier molecular flexibility index (Phi) is 5.77. The molecule has 4 nitrogen and oxygen atoms in total. The normalized spacial score (nSPS) is 12.2. The first-order valence-electron chi connectivity index (χ1n) is 7.87. The number of furan rings is 1. The van der Waals surface area contributed by atoms with Crippen LogP contribution in [0.15, 0.2) is 28.0 Å². The van der Waals surface area contributed by atoms with E-state index < -0.39 is 6.43 Å². The minimum absolute atomic E-state index is 0.222. The molecule has 0 spiro atoms. The second kappa shape index (κ2) is 8.04. The molecule has 0 aliphatic heterocycles. The molecule has 136 valence electrons. The highest BCUT2D eigenvalue weighted by Crippen LogP contribution is 2.33. The number of nitrogens with zero attached hydrogens (tertiary/aromatic N) is 1. The van der Waals surface area contributed by atoms with E-state index in [1.54, 1.807) is 24.3 Å². The van der Waals surface area contributed by atoms with E-state index in [4.69, 9.17) is 21.8 Å². The molecule has 3 aromatic rings. The maximum Gasteiger partial charge on any atom is 0.299 e. The predicted molar refractivity (Wildman–Crippen MR) is 101 cm³/mol. The first-order valence-corrected chi connectivity index (χ1v) is 9.13. The first-order chi connectivity index (χ1) is 12.4. The Morgan fingerprint density at radius 3 is 2.92 bits per heavy atom. The van der Waals surface area contributed by atoms with Gasteiger partial charge >= 0.3 is 0 Å². The predicted octanol–water partition coefficient (Wildman–Crippen LogP) is 4.66. The molecule has 0 saturated heterocycles. The van der Waals surface area contributed by atoms with Crippen LogP contribution in [-0.2, 0) is 13.0 Å². The van der Waals surface area contributed by atoms with Gasteiger partial charge in [-0.05, 0) is 24.3 Å². The number of hydrogen-bond acceptors (Lipinski definition) is 5. The third-order valence-electron chi connectivity index (χ3n) is 3.53. The summed E-state index contributed by atoms with van der Waals surface area (Å²) in [5.74, 6) is 4.76. The van der Waals surface area contributed by atoms with E-state index in [1.165, 1.54) is 0 Å². The molecule has 3 N–H and O–H groups in total. The molecule has 0 fully saturated rings. The number of pyridine rings is 1. The van der Waals surface area contributed by atoms with Crippen molar-refractivity contribution in [1.29, 1.82) is 0 Å². The van der Waals surface area contributed by atoms with Gasteiger partial charge in [0.15, 0.2) is 5.58 Å². The Hall–Kier alpha value is -2.14. The summed E-state index contributed by atoms with van der Waals surface area (Å²) in [7, 11) is 0. The lowest BCUT2D eigenvalue weighted by molar-refractivity contribution is 0.215.